The van der Waals surface area contributed by atoms with Crippen molar-refractivity contribution in [1.82, 2.24) is 9.99 Å². The quantitative estimate of drug-likeness (QED) is 0.376. The fourth-order valence-electron chi connectivity index (χ4n) is 3.27. The first-order valence-corrected chi connectivity index (χ1v) is 11.3. The van der Waals surface area contributed by atoms with E-state index in [1.54, 1.807) is 6.21 Å². The van der Waals surface area contributed by atoms with Crippen LogP contribution < -0.4 is 5.43 Å². The normalized spacial score (nSPS) is 11.2. The number of hydrogen-bond acceptors (Lipinski definition) is 3. The smallest absolute Gasteiger partial charge is 0.250 e. The average Bonchev–Trinajstić information content (AvgIpc) is 2.97. The predicted molar refractivity (Wildman–Crippen MR) is 128 cm³/mol. The van der Waals surface area contributed by atoms with Gasteiger partial charge < -0.3 is 4.57 Å². The van der Waals surface area contributed by atoms with Crippen LogP contribution in [-0.4, -0.2) is 22.4 Å². The van der Waals surface area contributed by atoms with E-state index in [1.165, 1.54) is 22.9 Å². The highest BCUT2D eigenvalue weighted by atomic mass is 35.5. The van der Waals surface area contributed by atoms with Crippen LogP contribution in [0.5, 0.6) is 0 Å². The molecule has 0 aliphatic heterocycles. The molecule has 0 bridgehead atoms. The fourth-order valence-corrected chi connectivity index (χ4v) is 4.25. The van der Waals surface area contributed by atoms with Crippen LogP contribution in [0, 0.1) is 27.7 Å². The maximum absolute atomic E-state index is 12.1. The molecule has 30 heavy (non-hydrogen) atoms. The van der Waals surface area contributed by atoms with Crippen molar-refractivity contribution in [3.8, 4) is 5.69 Å². The minimum atomic E-state index is -0.124. The summed E-state index contributed by atoms with van der Waals surface area (Å²) < 4.78 is 2.20. The van der Waals surface area contributed by atoms with Crippen molar-refractivity contribution >= 4 is 35.5 Å². The lowest BCUT2D eigenvalue weighted by Crippen LogP contribution is -2.19. The number of hydrogen-bond donors (Lipinski definition) is 1. The number of carbonyl (C=O) groups excluding carboxylic acids is 1. The van der Waals surface area contributed by atoms with Crippen LogP contribution in [0.15, 0.2) is 53.6 Å². The Hall–Kier alpha value is -2.50. The Morgan fingerprint density at radius 3 is 2.63 bits per heavy atom. The van der Waals surface area contributed by atoms with Crippen LogP contribution in [0.3, 0.4) is 0 Å². The van der Waals surface area contributed by atoms with Gasteiger partial charge in [-0.25, -0.2) is 5.43 Å². The van der Waals surface area contributed by atoms with E-state index >= 15 is 0 Å². The Morgan fingerprint density at radius 2 is 1.90 bits per heavy atom. The third-order valence-corrected chi connectivity index (χ3v) is 6.24. The van der Waals surface area contributed by atoms with Gasteiger partial charge in [0.25, 0.3) is 0 Å². The first kappa shape index (κ1) is 22.2. The number of rotatable bonds is 7. The van der Waals surface area contributed by atoms with Gasteiger partial charge in [-0.15, -0.1) is 11.8 Å². The zero-order valence-electron chi connectivity index (χ0n) is 17.7. The molecule has 156 valence electrons. The molecule has 1 N–H and O–H groups in total. The summed E-state index contributed by atoms with van der Waals surface area (Å²) in [5.41, 5.74) is 10.6. The van der Waals surface area contributed by atoms with E-state index in [2.05, 4.69) is 67.1 Å². The third-order valence-electron chi connectivity index (χ3n) is 5.00. The lowest BCUT2D eigenvalue weighted by Gasteiger charge is -2.11. The molecule has 1 amide bonds. The highest BCUT2D eigenvalue weighted by Crippen LogP contribution is 2.22. The van der Waals surface area contributed by atoms with Crippen LogP contribution in [0.1, 0.15) is 33.6 Å². The molecule has 0 saturated heterocycles. The van der Waals surface area contributed by atoms with Crippen molar-refractivity contribution in [2.45, 2.75) is 33.4 Å². The number of amides is 1. The maximum atomic E-state index is 12.1. The maximum Gasteiger partial charge on any atom is 0.250 e. The SMILES string of the molecule is Cc1ccc(-n2c(C)cc(/C=N\NC(=O)CSCc3cccc(Cl)c3)c2C)cc1C. The average molecular weight is 440 g/mol. The Morgan fingerprint density at radius 1 is 1.10 bits per heavy atom. The number of aromatic nitrogens is 1. The van der Waals surface area contributed by atoms with E-state index in [0.29, 0.717) is 10.8 Å². The molecule has 6 heteroatoms. The molecule has 1 heterocycles. The molecule has 3 aromatic rings. The van der Waals surface area contributed by atoms with Crippen LogP contribution in [0.25, 0.3) is 5.69 Å². The molecule has 0 fully saturated rings. The van der Waals surface area contributed by atoms with Crippen molar-refractivity contribution in [3.05, 3.63) is 87.2 Å². The summed E-state index contributed by atoms with van der Waals surface area (Å²) in [6.07, 6.45) is 1.71. The van der Waals surface area contributed by atoms with Crippen molar-refractivity contribution < 1.29 is 4.79 Å². The zero-order valence-corrected chi connectivity index (χ0v) is 19.3. The standard InChI is InChI=1S/C24H26ClN3OS/c1-16-8-9-23(10-17(16)2)28-18(3)11-21(19(28)4)13-26-27-24(29)15-30-14-20-6-5-7-22(25)12-20/h5-13H,14-15H2,1-4H3,(H,27,29)/b26-13-. The van der Waals surface area contributed by atoms with Gasteiger partial charge >= 0.3 is 0 Å². The van der Waals surface area contributed by atoms with E-state index in [-0.39, 0.29) is 5.91 Å². The molecule has 4 nitrogen and oxygen atoms in total. The molecule has 1 aromatic heterocycles. The number of hydrazone groups is 1. The number of halogens is 1. The third kappa shape index (κ3) is 5.55. The van der Waals surface area contributed by atoms with Crippen LogP contribution in [0.4, 0.5) is 0 Å². The minimum Gasteiger partial charge on any atom is -0.318 e. The molecule has 0 unspecified atom stereocenters. The van der Waals surface area contributed by atoms with Gasteiger partial charge in [0.15, 0.2) is 0 Å². The number of aryl methyl sites for hydroxylation is 3. The van der Waals surface area contributed by atoms with Crippen molar-refractivity contribution in [3.63, 3.8) is 0 Å². The summed E-state index contributed by atoms with van der Waals surface area (Å²) in [5.74, 6) is 0.946. The molecular weight excluding hydrogens is 414 g/mol. The molecule has 2 aromatic carbocycles. The number of thioether (sulfide) groups is 1. The second kappa shape index (κ2) is 10.0. The molecule has 3 rings (SSSR count). The lowest BCUT2D eigenvalue weighted by molar-refractivity contribution is -0.118. The zero-order chi connectivity index (χ0) is 21.7. The molecule has 0 aliphatic rings. The molecule has 0 aliphatic carbocycles. The van der Waals surface area contributed by atoms with Gasteiger partial charge in [-0.1, -0.05) is 29.8 Å². The van der Waals surface area contributed by atoms with Gasteiger partial charge in [0.2, 0.25) is 5.91 Å². The first-order chi connectivity index (χ1) is 14.3. The summed E-state index contributed by atoms with van der Waals surface area (Å²) in [6, 6.07) is 16.2. The van der Waals surface area contributed by atoms with Gasteiger partial charge in [0.1, 0.15) is 0 Å². The Bertz CT molecular complexity index is 1090. The van der Waals surface area contributed by atoms with Crippen molar-refractivity contribution in [2.75, 3.05) is 5.75 Å². The summed E-state index contributed by atoms with van der Waals surface area (Å²) in [7, 11) is 0. The first-order valence-electron chi connectivity index (χ1n) is 9.76. The number of nitrogens with one attached hydrogen (secondary N) is 1. The van der Waals surface area contributed by atoms with Gasteiger partial charge in [0.05, 0.1) is 12.0 Å². The highest BCUT2D eigenvalue weighted by Gasteiger charge is 2.10. The number of benzene rings is 2. The Kier molecular flexibility index (Phi) is 7.40. The molecular formula is C24H26ClN3OS. The molecule has 0 spiro atoms. The van der Waals surface area contributed by atoms with Crippen molar-refractivity contribution in [1.29, 1.82) is 0 Å². The van der Waals surface area contributed by atoms with Gasteiger partial charge in [0, 0.05) is 33.4 Å². The number of nitrogens with zero attached hydrogens (tertiary/aromatic N) is 2. The van der Waals surface area contributed by atoms with E-state index in [1.807, 2.05) is 24.3 Å². The van der Waals surface area contributed by atoms with Gasteiger partial charge in [-0.3, -0.25) is 4.79 Å². The molecule has 0 saturated carbocycles. The molecule has 0 radical (unpaired) electrons. The van der Waals surface area contributed by atoms with E-state index in [0.717, 1.165) is 34.0 Å². The van der Waals surface area contributed by atoms with E-state index in [4.69, 9.17) is 11.6 Å². The second-order valence-electron chi connectivity index (χ2n) is 7.35. The Balaban J connectivity index is 1.58. The van der Waals surface area contributed by atoms with Gasteiger partial charge in [-0.2, -0.15) is 5.10 Å². The summed E-state index contributed by atoms with van der Waals surface area (Å²) in [6.45, 7) is 8.37. The minimum absolute atomic E-state index is 0.124. The van der Waals surface area contributed by atoms with E-state index < -0.39 is 0 Å². The van der Waals surface area contributed by atoms with Crippen LogP contribution in [-0.2, 0) is 10.5 Å². The van der Waals surface area contributed by atoms with E-state index in [9.17, 15) is 4.79 Å². The summed E-state index contributed by atoms with van der Waals surface area (Å²) in [4.78, 5) is 12.1. The summed E-state index contributed by atoms with van der Waals surface area (Å²) >= 11 is 7.51. The lowest BCUT2D eigenvalue weighted by atomic mass is 10.1. The topological polar surface area (TPSA) is 46.4 Å². The van der Waals surface area contributed by atoms with Crippen LogP contribution in [0.2, 0.25) is 5.02 Å². The van der Waals surface area contributed by atoms with Gasteiger partial charge in [-0.05, 0) is 74.7 Å². The summed E-state index contributed by atoms with van der Waals surface area (Å²) in [5, 5.41) is 4.86. The Labute approximate surface area is 187 Å². The largest absolute Gasteiger partial charge is 0.318 e. The monoisotopic (exact) mass is 439 g/mol. The second-order valence-corrected chi connectivity index (χ2v) is 8.77. The fraction of sp³-hybridized carbons (Fsp3) is 0.250. The van der Waals surface area contributed by atoms with Crippen molar-refractivity contribution in [2.24, 2.45) is 5.10 Å². The molecule has 0 atom stereocenters. The van der Waals surface area contributed by atoms with Crippen LogP contribution >= 0.6 is 23.4 Å². The number of carbonyl (C=O) groups is 1. The highest BCUT2D eigenvalue weighted by molar-refractivity contribution is 7.99. The predicted octanol–water partition coefficient (Wildman–Crippen LogP) is 5.75.